The van der Waals surface area contributed by atoms with Gasteiger partial charge in [-0.05, 0) is 44.5 Å². The number of benzene rings is 4. The smallest absolute Gasteiger partial charge is 0.116 e. The van der Waals surface area contributed by atoms with Gasteiger partial charge in [-0.1, -0.05) is 54.6 Å². The SMILES string of the molecule is c1ccc2cc3c(ccc4cccc(-c5cncn5-n5ccnc5)c43)cc2c1. The molecule has 0 bridgehead atoms. The average Bonchev–Trinajstić information content (AvgIpc) is 3.43. The van der Waals surface area contributed by atoms with Gasteiger partial charge in [0.15, 0.2) is 0 Å². The van der Waals surface area contributed by atoms with Crippen LogP contribution in [0.15, 0.2) is 98.0 Å². The van der Waals surface area contributed by atoms with E-state index in [2.05, 4.69) is 76.7 Å². The summed E-state index contributed by atoms with van der Waals surface area (Å²) in [6.45, 7) is 0. The summed E-state index contributed by atoms with van der Waals surface area (Å²) >= 11 is 0. The molecule has 4 nitrogen and oxygen atoms in total. The van der Waals surface area contributed by atoms with Crippen molar-refractivity contribution < 1.29 is 0 Å². The van der Waals surface area contributed by atoms with Crippen LogP contribution in [0, 0.1) is 0 Å². The summed E-state index contributed by atoms with van der Waals surface area (Å²) in [5.41, 5.74) is 2.19. The molecule has 0 spiro atoms. The van der Waals surface area contributed by atoms with Gasteiger partial charge < -0.3 is 0 Å². The van der Waals surface area contributed by atoms with Gasteiger partial charge >= 0.3 is 0 Å². The summed E-state index contributed by atoms with van der Waals surface area (Å²) < 4.78 is 3.95. The lowest BCUT2D eigenvalue weighted by Crippen LogP contribution is -2.06. The van der Waals surface area contributed by atoms with E-state index in [4.69, 9.17) is 0 Å². The minimum Gasteiger partial charge on any atom is -0.243 e. The highest BCUT2D eigenvalue weighted by atomic mass is 15.5. The number of rotatable bonds is 2. The summed E-state index contributed by atoms with van der Waals surface area (Å²) in [5, 5.41) is 7.47. The van der Waals surface area contributed by atoms with Gasteiger partial charge in [0, 0.05) is 18.0 Å². The molecule has 4 aromatic carbocycles. The topological polar surface area (TPSA) is 35.6 Å². The maximum atomic E-state index is 4.41. The molecule has 6 rings (SSSR count). The van der Waals surface area contributed by atoms with Gasteiger partial charge in [0.25, 0.3) is 0 Å². The Morgan fingerprint density at radius 2 is 1.50 bits per heavy atom. The molecule has 0 aliphatic heterocycles. The molecule has 2 aromatic heterocycles. The predicted molar refractivity (Wildman–Crippen MR) is 113 cm³/mol. The highest BCUT2D eigenvalue weighted by Crippen LogP contribution is 2.36. The molecule has 0 fully saturated rings. The monoisotopic (exact) mass is 360 g/mol. The van der Waals surface area contributed by atoms with Gasteiger partial charge in [0.2, 0.25) is 0 Å². The van der Waals surface area contributed by atoms with Crippen LogP contribution in [0.3, 0.4) is 0 Å². The van der Waals surface area contributed by atoms with Crippen molar-refractivity contribution in [2.45, 2.75) is 0 Å². The number of hydrogen-bond acceptors (Lipinski definition) is 2. The number of aromatic nitrogens is 4. The Balaban J connectivity index is 1.73. The van der Waals surface area contributed by atoms with E-state index in [1.165, 1.54) is 32.3 Å². The Morgan fingerprint density at radius 1 is 0.679 bits per heavy atom. The Labute approximate surface area is 161 Å². The fourth-order valence-electron chi connectivity index (χ4n) is 4.06. The first-order valence-electron chi connectivity index (χ1n) is 9.24. The van der Waals surface area contributed by atoms with Gasteiger partial charge in [0.1, 0.15) is 12.7 Å². The van der Waals surface area contributed by atoms with Gasteiger partial charge in [-0.15, -0.1) is 0 Å². The van der Waals surface area contributed by atoms with Gasteiger partial charge in [-0.3, -0.25) is 0 Å². The van der Waals surface area contributed by atoms with Crippen molar-refractivity contribution in [3.05, 3.63) is 98.0 Å². The number of fused-ring (bicyclic) bond motifs is 4. The lowest BCUT2D eigenvalue weighted by molar-refractivity contribution is 0.664. The molecule has 2 heterocycles. The minimum absolute atomic E-state index is 1.03. The third kappa shape index (κ3) is 2.18. The van der Waals surface area contributed by atoms with E-state index in [1.54, 1.807) is 12.5 Å². The summed E-state index contributed by atoms with van der Waals surface area (Å²) in [5.74, 6) is 0. The molecule has 0 aliphatic rings. The first kappa shape index (κ1) is 15.2. The average molecular weight is 360 g/mol. The quantitative estimate of drug-likeness (QED) is 0.301. The summed E-state index contributed by atoms with van der Waals surface area (Å²) in [7, 11) is 0. The number of hydrogen-bond donors (Lipinski definition) is 0. The zero-order valence-corrected chi connectivity index (χ0v) is 15.0. The van der Waals surface area contributed by atoms with Crippen molar-refractivity contribution in [3.8, 4) is 11.3 Å². The van der Waals surface area contributed by atoms with Crippen LogP contribution >= 0.6 is 0 Å². The van der Waals surface area contributed by atoms with Crippen LogP contribution in [-0.2, 0) is 0 Å². The van der Waals surface area contributed by atoms with E-state index in [9.17, 15) is 0 Å². The molecular weight excluding hydrogens is 344 g/mol. The van der Waals surface area contributed by atoms with Crippen LogP contribution in [0.5, 0.6) is 0 Å². The summed E-state index contributed by atoms with van der Waals surface area (Å²) in [4.78, 5) is 8.58. The van der Waals surface area contributed by atoms with E-state index < -0.39 is 0 Å². The molecular formula is C24H16N4. The standard InChI is InChI=1S/C24H16N4/c1-2-5-19-13-22-20(12-18(19)4-1)9-8-17-6-3-7-21(24(17)22)23-14-26-16-28(23)27-11-10-25-15-27/h1-16H. The van der Waals surface area contributed by atoms with Gasteiger partial charge in [-0.25, -0.2) is 19.3 Å². The van der Waals surface area contributed by atoms with E-state index in [0.29, 0.717) is 0 Å². The van der Waals surface area contributed by atoms with Crippen LogP contribution in [0.1, 0.15) is 0 Å². The van der Waals surface area contributed by atoms with Crippen molar-refractivity contribution in [2.24, 2.45) is 0 Å². The van der Waals surface area contributed by atoms with Crippen LogP contribution < -0.4 is 0 Å². The molecule has 6 aromatic rings. The molecule has 4 heteroatoms. The lowest BCUT2D eigenvalue weighted by Gasteiger charge is -2.13. The van der Waals surface area contributed by atoms with Crippen LogP contribution in [0.25, 0.3) is 43.6 Å². The molecule has 0 amide bonds. The van der Waals surface area contributed by atoms with Crippen molar-refractivity contribution >= 4 is 32.3 Å². The number of nitrogens with zero attached hydrogens (tertiary/aromatic N) is 4. The van der Waals surface area contributed by atoms with E-state index in [-0.39, 0.29) is 0 Å². The Kier molecular flexibility index (Phi) is 3.14. The largest absolute Gasteiger partial charge is 0.243 e. The highest BCUT2D eigenvalue weighted by molar-refractivity contribution is 6.16. The molecule has 0 saturated carbocycles. The van der Waals surface area contributed by atoms with Crippen LogP contribution in [0.2, 0.25) is 0 Å². The maximum absolute atomic E-state index is 4.41. The summed E-state index contributed by atoms with van der Waals surface area (Å²) in [6.07, 6.45) is 9.20. The molecule has 132 valence electrons. The fourth-order valence-corrected chi connectivity index (χ4v) is 4.06. The predicted octanol–water partition coefficient (Wildman–Crippen LogP) is 5.52. The first-order chi connectivity index (χ1) is 13.9. The third-order valence-electron chi connectivity index (χ3n) is 5.36. The fraction of sp³-hybridized carbons (Fsp3) is 0. The van der Waals surface area contributed by atoms with Crippen LogP contribution in [-0.4, -0.2) is 19.3 Å². The van der Waals surface area contributed by atoms with Crippen molar-refractivity contribution in [1.29, 1.82) is 0 Å². The first-order valence-corrected chi connectivity index (χ1v) is 9.24. The second-order valence-electron chi connectivity index (χ2n) is 6.96. The maximum Gasteiger partial charge on any atom is 0.116 e. The van der Waals surface area contributed by atoms with Crippen molar-refractivity contribution in [3.63, 3.8) is 0 Å². The third-order valence-corrected chi connectivity index (χ3v) is 5.36. The molecule has 0 unspecified atom stereocenters. The molecule has 28 heavy (non-hydrogen) atoms. The molecule has 0 aliphatic carbocycles. The normalized spacial score (nSPS) is 11.6. The molecule has 0 radical (unpaired) electrons. The van der Waals surface area contributed by atoms with Crippen LogP contribution in [0.4, 0.5) is 0 Å². The zero-order valence-electron chi connectivity index (χ0n) is 15.0. The highest BCUT2D eigenvalue weighted by Gasteiger charge is 2.13. The van der Waals surface area contributed by atoms with Gasteiger partial charge in [-0.2, -0.15) is 0 Å². The van der Waals surface area contributed by atoms with E-state index in [1.807, 2.05) is 28.1 Å². The Hall–Kier alpha value is -3.92. The zero-order chi connectivity index (χ0) is 18.5. The Morgan fingerprint density at radius 3 is 2.36 bits per heavy atom. The lowest BCUT2D eigenvalue weighted by atomic mass is 9.94. The van der Waals surface area contributed by atoms with E-state index >= 15 is 0 Å². The van der Waals surface area contributed by atoms with E-state index in [0.717, 1.165) is 11.3 Å². The summed E-state index contributed by atoms with van der Waals surface area (Å²) in [6, 6.07) is 23.9. The Bertz CT molecular complexity index is 1460. The molecule has 0 saturated heterocycles. The second-order valence-corrected chi connectivity index (χ2v) is 6.96. The van der Waals surface area contributed by atoms with Gasteiger partial charge in [0.05, 0.1) is 11.9 Å². The second kappa shape index (κ2) is 5.79. The van der Waals surface area contributed by atoms with Crippen molar-refractivity contribution in [2.75, 3.05) is 0 Å². The molecule has 0 N–H and O–H groups in total. The number of imidazole rings is 2. The van der Waals surface area contributed by atoms with Crippen molar-refractivity contribution in [1.82, 2.24) is 19.3 Å². The molecule has 0 atom stereocenters. The minimum atomic E-state index is 1.03.